The maximum absolute atomic E-state index is 13.9. The lowest BCUT2D eigenvalue weighted by molar-refractivity contribution is 0.628. The number of nitrogens with one attached hydrogen (secondary N) is 3. The Morgan fingerprint density at radius 1 is 0.750 bits per heavy atom. The third-order valence-electron chi connectivity index (χ3n) is 7.09. The molecule has 0 spiro atoms. The van der Waals surface area contributed by atoms with Gasteiger partial charge in [0.25, 0.3) is 0 Å². The molecule has 7 rings (SSSR count). The lowest BCUT2D eigenvalue weighted by Crippen LogP contribution is -2.05. The Kier molecular flexibility index (Phi) is 6.01. The van der Waals surface area contributed by atoms with E-state index in [1.807, 2.05) is 48.8 Å². The number of hydrogen-bond donors (Lipinski definition) is 3. The molecule has 6 nitrogen and oxygen atoms in total. The van der Waals surface area contributed by atoms with Gasteiger partial charge in [-0.05, 0) is 59.5 Å². The normalized spacial score (nSPS) is 11.3. The molecule has 7 heteroatoms. The summed E-state index contributed by atoms with van der Waals surface area (Å²) in [6.45, 7) is 0.823. The number of rotatable bonds is 7. The molecule has 3 heterocycles. The Balaban J connectivity index is 1.20. The molecule has 0 aliphatic heterocycles. The minimum atomic E-state index is -0.277. The first-order valence-corrected chi connectivity index (χ1v) is 13.2. The third-order valence-corrected chi connectivity index (χ3v) is 7.09. The summed E-state index contributed by atoms with van der Waals surface area (Å²) in [6.07, 6.45) is 4.66. The summed E-state index contributed by atoms with van der Waals surface area (Å²) in [6, 6.07) is 31.2. The molecule has 3 aromatic heterocycles. The van der Waals surface area contributed by atoms with Crippen molar-refractivity contribution in [2.24, 2.45) is 0 Å². The Bertz CT molecular complexity index is 1960. The fourth-order valence-corrected chi connectivity index (χ4v) is 5.10. The molecule has 4 aromatic carbocycles. The van der Waals surface area contributed by atoms with Crippen LogP contribution < -0.4 is 5.32 Å². The van der Waals surface area contributed by atoms with Crippen LogP contribution in [0.25, 0.3) is 55.7 Å². The molecule has 3 N–H and O–H groups in total. The van der Waals surface area contributed by atoms with Gasteiger partial charge in [0, 0.05) is 35.5 Å². The summed E-state index contributed by atoms with van der Waals surface area (Å²) < 4.78 is 13.9. The summed E-state index contributed by atoms with van der Waals surface area (Å²) in [5.74, 6) is 0.373. The Hall–Kier alpha value is -5.30. The van der Waals surface area contributed by atoms with Crippen LogP contribution in [0.5, 0.6) is 0 Å². The lowest BCUT2D eigenvalue weighted by atomic mass is 10.0. The molecular formula is C33H25FN6. The van der Waals surface area contributed by atoms with Crippen LogP contribution in [-0.2, 0) is 6.42 Å². The number of aromatic nitrogens is 5. The Labute approximate surface area is 230 Å². The van der Waals surface area contributed by atoms with E-state index >= 15 is 0 Å². The maximum Gasteiger partial charge on any atom is 0.159 e. The zero-order valence-corrected chi connectivity index (χ0v) is 21.5. The molecule has 0 saturated heterocycles. The van der Waals surface area contributed by atoms with Gasteiger partial charge in [0.1, 0.15) is 11.5 Å². The number of halogens is 1. The smallest absolute Gasteiger partial charge is 0.159 e. The van der Waals surface area contributed by atoms with E-state index in [4.69, 9.17) is 4.98 Å². The number of nitrogens with zero attached hydrogens (tertiary/aromatic N) is 3. The second kappa shape index (κ2) is 10.1. The van der Waals surface area contributed by atoms with Crippen molar-refractivity contribution in [2.75, 3.05) is 11.9 Å². The SMILES string of the molecule is Fc1cccc(-c2cccc3[nH]c(-c4n[nH]c5ccc(-c6cncc(NCCc7ccccc7)c6)cc45)nc23)c1. The average molecular weight is 525 g/mol. The molecule has 0 amide bonds. The van der Waals surface area contributed by atoms with E-state index in [1.165, 1.54) is 17.7 Å². The van der Waals surface area contributed by atoms with Crippen molar-refractivity contribution in [3.05, 3.63) is 121 Å². The zero-order valence-electron chi connectivity index (χ0n) is 21.5. The van der Waals surface area contributed by atoms with Crippen LogP contribution in [0.15, 0.2) is 109 Å². The minimum Gasteiger partial charge on any atom is -0.383 e. The van der Waals surface area contributed by atoms with Crippen LogP contribution in [0.2, 0.25) is 0 Å². The second-order valence-corrected chi connectivity index (χ2v) is 9.75. The highest BCUT2D eigenvalue weighted by atomic mass is 19.1. The summed E-state index contributed by atoms with van der Waals surface area (Å²) in [4.78, 5) is 12.8. The molecule has 0 atom stereocenters. The van der Waals surface area contributed by atoms with Crippen LogP contribution in [0.1, 0.15) is 5.56 Å². The summed E-state index contributed by atoms with van der Waals surface area (Å²) in [5.41, 5.74) is 9.23. The number of imidazole rings is 1. The summed E-state index contributed by atoms with van der Waals surface area (Å²) in [5, 5.41) is 12.2. The number of fused-ring (bicyclic) bond motifs is 2. The van der Waals surface area contributed by atoms with Gasteiger partial charge in [0.05, 0.1) is 22.2 Å². The lowest BCUT2D eigenvalue weighted by Gasteiger charge is -2.08. The number of aromatic amines is 2. The van der Waals surface area contributed by atoms with Crippen molar-refractivity contribution in [3.8, 4) is 33.8 Å². The van der Waals surface area contributed by atoms with E-state index in [2.05, 4.69) is 67.9 Å². The monoisotopic (exact) mass is 524 g/mol. The van der Waals surface area contributed by atoms with Gasteiger partial charge in [-0.15, -0.1) is 0 Å². The first kappa shape index (κ1) is 23.8. The summed E-state index contributed by atoms with van der Waals surface area (Å²) in [7, 11) is 0. The zero-order chi connectivity index (χ0) is 26.9. The molecule has 0 saturated carbocycles. The van der Waals surface area contributed by atoms with E-state index < -0.39 is 0 Å². The molecule has 0 bridgehead atoms. The van der Waals surface area contributed by atoms with Gasteiger partial charge in [-0.1, -0.05) is 60.7 Å². The van der Waals surface area contributed by atoms with E-state index in [-0.39, 0.29) is 5.82 Å². The highest BCUT2D eigenvalue weighted by Crippen LogP contribution is 2.33. The van der Waals surface area contributed by atoms with Crippen molar-refractivity contribution < 1.29 is 4.39 Å². The molecule has 0 aliphatic carbocycles. The first-order chi connectivity index (χ1) is 19.7. The van der Waals surface area contributed by atoms with Crippen LogP contribution in [-0.4, -0.2) is 31.7 Å². The predicted octanol–water partition coefficient (Wildman–Crippen LogP) is 7.63. The van der Waals surface area contributed by atoms with Crippen molar-refractivity contribution in [1.29, 1.82) is 0 Å². The number of pyridine rings is 1. The highest BCUT2D eigenvalue weighted by Gasteiger charge is 2.16. The van der Waals surface area contributed by atoms with Crippen LogP contribution in [0.4, 0.5) is 10.1 Å². The molecule has 194 valence electrons. The standard InChI is InChI=1S/C33H25FN6/c34-25-9-4-8-23(16-25)27-10-5-11-30-31(27)38-33(37-30)32-28-18-22(12-13-29(28)39-40-32)24-17-26(20-35-19-24)36-15-14-21-6-2-1-3-7-21/h1-13,16-20,36H,14-15H2,(H,37,38)(H,39,40). The van der Waals surface area contributed by atoms with Crippen LogP contribution >= 0.6 is 0 Å². The van der Waals surface area contributed by atoms with Gasteiger partial charge in [-0.3, -0.25) is 10.1 Å². The molecule has 7 aromatic rings. The van der Waals surface area contributed by atoms with Gasteiger partial charge in [0.15, 0.2) is 5.82 Å². The maximum atomic E-state index is 13.9. The summed E-state index contributed by atoms with van der Waals surface area (Å²) >= 11 is 0. The second-order valence-electron chi connectivity index (χ2n) is 9.75. The number of para-hydroxylation sites is 1. The molecule has 0 unspecified atom stereocenters. The largest absolute Gasteiger partial charge is 0.383 e. The van der Waals surface area contributed by atoms with E-state index in [0.29, 0.717) is 5.82 Å². The molecule has 0 aliphatic rings. The van der Waals surface area contributed by atoms with Crippen LogP contribution in [0.3, 0.4) is 0 Å². The van der Waals surface area contributed by atoms with E-state index in [1.54, 1.807) is 6.07 Å². The quantitative estimate of drug-likeness (QED) is 0.200. The topological polar surface area (TPSA) is 82.3 Å². The van der Waals surface area contributed by atoms with Gasteiger partial charge >= 0.3 is 0 Å². The van der Waals surface area contributed by atoms with Crippen molar-refractivity contribution in [1.82, 2.24) is 25.1 Å². The van der Waals surface area contributed by atoms with E-state index in [0.717, 1.165) is 68.5 Å². The van der Waals surface area contributed by atoms with E-state index in [9.17, 15) is 4.39 Å². The van der Waals surface area contributed by atoms with Crippen molar-refractivity contribution in [2.45, 2.75) is 6.42 Å². The number of benzene rings is 4. The minimum absolute atomic E-state index is 0.277. The molecule has 40 heavy (non-hydrogen) atoms. The number of anilines is 1. The molecular weight excluding hydrogens is 499 g/mol. The van der Waals surface area contributed by atoms with Gasteiger partial charge < -0.3 is 10.3 Å². The van der Waals surface area contributed by atoms with Crippen molar-refractivity contribution >= 4 is 27.6 Å². The first-order valence-electron chi connectivity index (χ1n) is 13.2. The third kappa shape index (κ3) is 4.58. The molecule has 0 radical (unpaired) electrons. The van der Waals surface area contributed by atoms with Gasteiger partial charge in [-0.2, -0.15) is 5.10 Å². The Morgan fingerprint density at radius 2 is 1.65 bits per heavy atom. The fraction of sp³-hybridized carbons (Fsp3) is 0.0606. The Morgan fingerprint density at radius 3 is 2.55 bits per heavy atom. The fourth-order valence-electron chi connectivity index (χ4n) is 5.10. The predicted molar refractivity (Wildman–Crippen MR) is 158 cm³/mol. The average Bonchev–Trinajstić information content (AvgIpc) is 3.62. The number of H-pyrrole nitrogens is 2. The van der Waals surface area contributed by atoms with Crippen LogP contribution in [0, 0.1) is 5.82 Å². The number of hydrogen-bond acceptors (Lipinski definition) is 4. The van der Waals surface area contributed by atoms with Gasteiger partial charge in [-0.25, -0.2) is 9.37 Å². The van der Waals surface area contributed by atoms with Gasteiger partial charge in [0.2, 0.25) is 0 Å². The highest BCUT2D eigenvalue weighted by molar-refractivity contribution is 5.98. The molecule has 0 fully saturated rings. The van der Waals surface area contributed by atoms with Crippen molar-refractivity contribution in [3.63, 3.8) is 0 Å².